The Labute approximate surface area is 127 Å². The van der Waals surface area contributed by atoms with Crippen molar-refractivity contribution in [3.63, 3.8) is 0 Å². The highest BCUT2D eigenvalue weighted by atomic mass is 32.2. The van der Waals surface area contributed by atoms with Gasteiger partial charge in [0.05, 0.1) is 17.4 Å². The number of fused-ring (bicyclic) bond motifs is 1. The van der Waals surface area contributed by atoms with E-state index in [1.54, 1.807) is 11.8 Å². The molecule has 0 radical (unpaired) electrons. The SMILES string of the molecule is O=C(NCCCn1cnc2ccccc21)C1(O)CCSC1. The average Bonchev–Trinajstić information content (AvgIpc) is 3.11. The van der Waals surface area contributed by atoms with E-state index in [0.717, 1.165) is 29.8 Å². The van der Waals surface area contributed by atoms with E-state index < -0.39 is 5.60 Å². The van der Waals surface area contributed by atoms with E-state index in [1.165, 1.54) is 0 Å². The molecule has 21 heavy (non-hydrogen) atoms. The third kappa shape index (κ3) is 3.06. The fourth-order valence-corrected chi connectivity index (χ4v) is 3.78. The van der Waals surface area contributed by atoms with Gasteiger partial charge < -0.3 is 15.0 Å². The van der Waals surface area contributed by atoms with Gasteiger partial charge in [-0.15, -0.1) is 0 Å². The largest absolute Gasteiger partial charge is 0.379 e. The van der Waals surface area contributed by atoms with Gasteiger partial charge in [0.25, 0.3) is 5.91 Å². The van der Waals surface area contributed by atoms with Gasteiger partial charge in [0.15, 0.2) is 5.60 Å². The second kappa shape index (κ2) is 6.07. The summed E-state index contributed by atoms with van der Waals surface area (Å²) in [4.78, 5) is 16.3. The zero-order chi connectivity index (χ0) is 14.7. The van der Waals surface area contributed by atoms with Gasteiger partial charge in [-0.2, -0.15) is 11.8 Å². The van der Waals surface area contributed by atoms with Crippen LogP contribution in [0.2, 0.25) is 0 Å². The van der Waals surface area contributed by atoms with Crippen LogP contribution in [0.25, 0.3) is 11.0 Å². The summed E-state index contributed by atoms with van der Waals surface area (Å²) in [5.41, 5.74) is 0.931. The molecular formula is C15H19N3O2S. The second-order valence-corrected chi connectivity index (χ2v) is 6.48. The topological polar surface area (TPSA) is 67.2 Å². The van der Waals surface area contributed by atoms with E-state index >= 15 is 0 Å². The molecule has 0 aliphatic carbocycles. The van der Waals surface area contributed by atoms with Crippen LogP contribution in [0, 0.1) is 0 Å². The number of hydrogen-bond acceptors (Lipinski definition) is 4. The number of hydrogen-bond donors (Lipinski definition) is 2. The average molecular weight is 305 g/mol. The molecule has 1 fully saturated rings. The van der Waals surface area contributed by atoms with E-state index in [-0.39, 0.29) is 5.91 Å². The Balaban J connectivity index is 1.49. The molecule has 3 rings (SSSR count). The van der Waals surface area contributed by atoms with Gasteiger partial charge >= 0.3 is 0 Å². The molecule has 1 aliphatic heterocycles. The van der Waals surface area contributed by atoms with Crippen LogP contribution < -0.4 is 5.32 Å². The smallest absolute Gasteiger partial charge is 0.252 e. The van der Waals surface area contributed by atoms with Crippen molar-refractivity contribution in [3.05, 3.63) is 30.6 Å². The Bertz CT molecular complexity index is 635. The summed E-state index contributed by atoms with van der Waals surface area (Å²) in [6.45, 7) is 1.37. The summed E-state index contributed by atoms with van der Waals surface area (Å²) in [5, 5.41) is 13.0. The minimum Gasteiger partial charge on any atom is -0.379 e. The van der Waals surface area contributed by atoms with Crippen LogP contribution in [0.4, 0.5) is 0 Å². The number of rotatable bonds is 5. The van der Waals surface area contributed by atoms with Crippen molar-refractivity contribution in [3.8, 4) is 0 Å². The molecule has 6 heteroatoms. The first-order valence-corrected chi connectivity index (χ1v) is 8.33. The predicted molar refractivity (Wildman–Crippen MR) is 84.3 cm³/mol. The number of carbonyl (C=O) groups excluding carboxylic acids is 1. The van der Waals surface area contributed by atoms with Gasteiger partial charge in [-0.25, -0.2) is 4.98 Å². The molecule has 0 bridgehead atoms. The molecule has 1 aromatic carbocycles. The number of carbonyl (C=O) groups is 1. The van der Waals surface area contributed by atoms with Crippen molar-refractivity contribution >= 4 is 28.7 Å². The molecule has 2 aromatic rings. The highest BCUT2D eigenvalue weighted by Gasteiger charge is 2.39. The Morgan fingerprint density at radius 1 is 1.48 bits per heavy atom. The second-order valence-electron chi connectivity index (χ2n) is 5.37. The number of aliphatic hydroxyl groups is 1. The van der Waals surface area contributed by atoms with E-state index in [0.29, 0.717) is 18.7 Å². The first-order valence-electron chi connectivity index (χ1n) is 7.17. The number of thioether (sulfide) groups is 1. The van der Waals surface area contributed by atoms with Crippen molar-refractivity contribution < 1.29 is 9.90 Å². The molecule has 0 saturated carbocycles. The zero-order valence-electron chi connectivity index (χ0n) is 11.8. The quantitative estimate of drug-likeness (QED) is 0.820. The third-order valence-corrected chi connectivity index (χ3v) is 4.99. The zero-order valence-corrected chi connectivity index (χ0v) is 12.6. The number of para-hydroxylation sites is 2. The van der Waals surface area contributed by atoms with Gasteiger partial charge in [0.1, 0.15) is 0 Å². The summed E-state index contributed by atoms with van der Waals surface area (Å²) >= 11 is 1.62. The van der Waals surface area contributed by atoms with Crippen molar-refractivity contribution in [1.29, 1.82) is 0 Å². The normalized spacial score (nSPS) is 21.8. The maximum atomic E-state index is 11.9. The van der Waals surface area contributed by atoms with Gasteiger partial charge in [-0.05, 0) is 30.7 Å². The van der Waals surface area contributed by atoms with Crippen LogP contribution in [-0.4, -0.2) is 44.2 Å². The van der Waals surface area contributed by atoms with Gasteiger partial charge in [-0.3, -0.25) is 4.79 Å². The van der Waals surface area contributed by atoms with Gasteiger partial charge in [-0.1, -0.05) is 12.1 Å². The highest BCUT2D eigenvalue weighted by molar-refractivity contribution is 7.99. The van der Waals surface area contributed by atoms with Gasteiger partial charge in [0, 0.05) is 18.8 Å². The predicted octanol–water partition coefficient (Wildman–Crippen LogP) is 1.41. The lowest BCUT2D eigenvalue weighted by molar-refractivity contribution is -0.137. The molecule has 112 valence electrons. The fraction of sp³-hybridized carbons (Fsp3) is 0.467. The molecule has 0 spiro atoms. The Kier molecular flexibility index (Phi) is 4.17. The molecule has 1 amide bonds. The van der Waals surface area contributed by atoms with E-state index in [1.807, 2.05) is 30.6 Å². The van der Waals surface area contributed by atoms with E-state index in [4.69, 9.17) is 0 Å². The summed E-state index contributed by atoms with van der Waals surface area (Å²) in [7, 11) is 0. The van der Waals surface area contributed by atoms with Crippen molar-refractivity contribution in [2.75, 3.05) is 18.1 Å². The lowest BCUT2D eigenvalue weighted by Crippen LogP contribution is -2.47. The van der Waals surface area contributed by atoms with Crippen molar-refractivity contribution in [2.24, 2.45) is 0 Å². The minimum atomic E-state index is -1.16. The molecule has 5 nitrogen and oxygen atoms in total. The number of imidazole rings is 1. The molecule has 1 aliphatic rings. The number of nitrogens with one attached hydrogen (secondary N) is 1. The molecule has 1 aromatic heterocycles. The minimum absolute atomic E-state index is 0.233. The van der Waals surface area contributed by atoms with Crippen molar-refractivity contribution in [1.82, 2.24) is 14.9 Å². The maximum Gasteiger partial charge on any atom is 0.252 e. The Morgan fingerprint density at radius 3 is 3.14 bits per heavy atom. The lowest BCUT2D eigenvalue weighted by Gasteiger charge is -2.20. The number of amides is 1. The molecule has 1 atom stereocenters. The van der Waals surface area contributed by atoms with E-state index in [2.05, 4.69) is 14.9 Å². The van der Waals surface area contributed by atoms with Gasteiger partial charge in [0.2, 0.25) is 0 Å². The molecule has 2 N–H and O–H groups in total. The first kappa shape index (κ1) is 14.4. The highest BCUT2D eigenvalue weighted by Crippen LogP contribution is 2.27. The van der Waals surface area contributed by atoms with Crippen LogP contribution >= 0.6 is 11.8 Å². The fourth-order valence-electron chi connectivity index (χ4n) is 2.54. The monoisotopic (exact) mass is 305 g/mol. The number of aromatic nitrogens is 2. The molecule has 1 saturated heterocycles. The number of aryl methyl sites for hydroxylation is 1. The summed E-state index contributed by atoms with van der Waals surface area (Å²) < 4.78 is 2.08. The molecule has 1 unspecified atom stereocenters. The van der Waals surface area contributed by atoms with Crippen LogP contribution in [0.15, 0.2) is 30.6 Å². The maximum absolute atomic E-state index is 11.9. The van der Waals surface area contributed by atoms with Crippen LogP contribution in [-0.2, 0) is 11.3 Å². The van der Waals surface area contributed by atoms with Crippen LogP contribution in [0.1, 0.15) is 12.8 Å². The summed E-state index contributed by atoms with van der Waals surface area (Å²) in [6.07, 6.45) is 3.19. The third-order valence-electron chi connectivity index (χ3n) is 3.81. The molecule has 2 heterocycles. The Morgan fingerprint density at radius 2 is 2.33 bits per heavy atom. The van der Waals surface area contributed by atoms with E-state index in [9.17, 15) is 9.90 Å². The standard InChI is InChI=1S/C15H19N3O2S/c19-14(15(20)6-9-21-10-15)16-7-3-8-18-11-17-12-4-1-2-5-13(12)18/h1-2,4-5,11,20H,3,6-10H2,(H,16,19). The first-order chi connectivity index (χ1) is 10.2. The summed E-state index contributed by atoms with van der Waals surface area (Å²) in [5.74, 6) is 1.12. The lowest BCUT2D eigenvalue weighted by atomic mass is 10.0. The summed E-state index contributed by atoms with van der Waals surface area (Å²) in [6, 6.07) is 8.00. The van der Waals surface area contributed by atoms with Crippen LogP contribution in [0.3, 0.4) is 0 Å². The number of nitrogens with zero attached hydrogens (tertiary/aromatic N) is 2. The Hall–Kier alpha value is -1.53. The number of benzene rings is 1. The van der Waals surface area contributed by atoms with Crippen molar-refractivity contribution in [2.45, 2.75) is 25.0 Å². The molecular weight excluding hydrogens is 286 g/mol. The van der Waals surface area contributed by atoms with Crippen LogP contribution in [0.5, 0.6) is 0 Å².